The Morgan fingerprint density at radius 3 is 2.42 bits per heavy atom. The van der Waals surface area contributed by atoms with Crippen LogP contribution >= 0.6 is 0 Å². The van der Waals surface area contributed by atoms with Crippen LogP contribution in [0.15, 0.2) is 23.3 Å². The number of carbonyl (C=O) groups is 3. The standard InChI is InChI=1S/C36H54O9/c1-19(2)9-8-10-22(32(40)41)30-24-17-26(39)31-34(5)15-14-27(44-29-12-11-25(38)33(42)45-29)20(3)23(34)13-16-35(31,6)36(24,7)18-28(30)43-21(4)37/h11-12,19-20,23-25,27-29,31,33,38,42H,8-10,13-18H2,1-7H3,(H,40,41)/b30-22-/t20-,23?,24-,25-,27+,28-,29-,31?,33-,34-,35-,36-/m0/s1. The van der Waals surface area contributed by atoms with Crippen LogP contribution in [0.3, 0.4) is 0 Å². The number of fused-ring (bicyclic) bond motifs is 5. The second-order valence-corrected chi connectivity index (χ2v) is 15.8. The highest BCUT2D eigenvalue weighted by molar-refractivity contribution is 5.90. The van der Waals surface area contributed by atoms with Crippen molar-refractivity contribution in [3.8, 4) is 0 Å². The summed E-state index contributed by atoms with van der Waals surface area (Å²) in [5, 5.41) is 30.2. The second-order valence-electron chi connectivity index (χ2n) is 15.8. The zero-order valence-corrected chi connectivity index (χ0v) is 28.1. The largest absolute Gasteiger partial charge is 0.478 e. The minimum absolute atomic E-state index is 0.120. The molecule has 0 aromatic carbocycles. The predicted octanol–water partition coefficient (Wildman–Crippen LogP) is 5.57. The summed E-state index contributed by atoms with van der Waals surface area (Å²) >= 11 is 0. The number of Topliss-reactive ketones (excluding diaryl/α,β-unsaturated/α-hetero) is 1. The smallest absolute Gasteiger partial charge is 0.331 e. The van der Waals surface area contributed by atoms with Crippen LogP contribution in [0.2, 0.25) is 0 Å². The highest BCUT2D eigenvalue weighted by Crippen LogP contribution is 2.73. The molecule has 4 fully saturated rings. The number of hydrogen-bond acceptors (Lipinski definition) is 8. The van der Waals surface area contributed by atoms with Crippen LogP contribution in [-0.4, -0.2) is 63.9 Å². The van der Waals surface area contributed by atoms with Gasteiger partial charge in [-0.1, -0.05) is 54.0 Å². The highest BCUT2D eigenvalue weighted by Gasteiger charge is 2.71. The van der Waals surface area contributed by atoms with Crippen LogP contribution in [0.1, 0.15) is 106 Å². The summed E-state index contributed by atoms with van der Waals surface area (Å²) in [7, 11) is 0. The average molecular weight is 631 g/mol. The molecule has 0 aromatic heterocycles. The van der Waals surface area contributed by atoms with Crippen molar-refractivity contribution in [1.29, 1.82) is 0 Å². The van der Waals surface area contributed by atoms with Crippen LogP contribution in [-0.2, 0) is 28.6 Å². The monoisotopic (exact) mass is 630 g/mol. The van der Waals surface area contributed by atoms with Crippen molar-refractivity contribution in [1.82, 2.24) is 0 Å². The van der Waals surface area contributed by atoms with Crippen molar-refractivity contribution in [3.63, 3.8) is 0 Å². The van der Waals surface area contributed by atoms with Crippen molar-refractivity contribution in [3.05, 3.63) is 23.3 Å². The van der Waals surface area contributed by atoms with E-state index in [0.29, 0.717) is 29.9 Å². The molecule has 3 N–H and O–H groups in total. The van der Waals surface area contributed by atoms with Crippen LogP contribution in [0.4, 0.5) is 0 Å². The molecule has 4 aliphatic carbocycles. The van der Waals surface area contributed by atoms with Crippen molar-refractivity contribution in [2.24, 2.45) is 45.8 Å². The Labute approximate surface area is 267 Å². The number of aliphatic hydroxyl groups is 2. The summed E-state index contributed by atoms with van der Waals surface area (Å²) < 4.78 is 17.7. The number of hydrogen-bond donors (Lipinski definition) is 3. The average Bonchev–Trinajstić information content (AvgIpc) is 3.21. The number of carbonyl (C=O) groups excluding carboxylic acids is 2. The minimum Gasteiger partial charge on any atom is -0.478 e. The van der Waals surface area contributed by atoms with Gasteiger partial charge in [-0.3, -0.25) is 9.59 Å². The van der Waals surface area contributed by atoms with Gasteiger partial charge in [0, 0.05) is 24.8 Å². The first kappa shape index (κ1) is 34.3. The van der Waals surface area contributed by atoms with E-state index < -0.39 is 47.6 Å². The maximum atomic E-state index is 14.5. The van der Waals surface area contributed by atoms with E-state index in [1.54, 1.807) is 6.08 Å². The van der Waals surface area contributed by atoms with E-state index in [1.165, 1.54) is 13.0 Å². The molecule has 5 rings (SSSR count). The fraction of sp³-hybridized carbons (Fsp3) is 0.806. The van der Waals surface area contributed by atoms with Crippen LogP contribution < -0.4 is 0 Å². The van der Waals surface area contributed by atoms with Crippen molar-refractivity contribution < 1.29 is 43.9 Å². The lowest BCUT2D eigenvalue weighted by molar-refractivity contribution is -0.269. The predicted molar refractivity (Wildman–Crippen MR) is 166 cm³/mol. The molecule has 9 nitrogen and oxygen atoms in total. The van der Waals surface area contributed by atoms with Gasteiger partial charge in [-0.05, 0) is 96.5 Å². The summed E-state index contributed by atoms with van der Waals surface area (Å²) in [6.07, 6.45) is 5.30. The van der Waals surface area contributed by atoms with Gasteiger partial charge >= 0.3 is 11.9 Å². The SMILES string of the molecule is CC(=O)O[C@H]1C[C@@]2(C)[C@@H](CC(=O)C3[C@@]4(C)CC[C@@H](O[C@@H]5C=C[C@H](O)[C@@H](O)O5)[C@@H](C)C4CC[C@@]32C)/C1=C(\CCCC(C)C)C(=O)O. The molecule has 0 radical (unpaired) electrons. The van der Waals surface area contributed by atoms with E-state index in [4.69, 9.17) is 14.2 Å². The molecule has 1 aliphatic heterocycles. The maximum absolute atomic E-state index is 14.5. The Bertz CT molecular complexity index is 1240. The number of aliphatic hydroxyl groups excluding tert-OH is 2. The molecule has 0 bridgehead atoms. The normalized spacial score (nSPS) is 45.5. The molecule has 0 amide bonds. The number of ketones is 1. The van der Waals surface area contributed by atoms with Gasteiger partial charge < -0.3 is 29.5 Å². The molecular formula is C36H54O9. The molecule has 5 aliphatic rings. The molecule has 252 valence electrons. The van der Waals surface area contributed by atoms with E-state index in [1.807, 2.05) is 0 Å². The molecule has 2 unspecified atom stereocenters. The Kier molecular flexibility index (Phi) is 9.53. The molecule has 12 atom stereocenters. The third-order valence-corrected chi connectivity index (χ3v) is 12.9. The van der Waals surface area contributed by atoms with Crippen molar-refractivity contribution in [2.75, 3.05) is 0 Å². The zero-order chi connectivity index (χ0) is 33.1. The Morgan fingerprint density at radius 1 is 1.09 bits per heavy atom. The molecule has 0 saturated heterocycles. The first-order valence-electron chi connectivity index (χ1n) is 17.0. The summed E-state index contributed by atoms with van der Waals surface area (Å²) in [6, 6.07) is 0. The van der Waals surface area contributed by atoms with Gasteiger partial charge in [-0.2, -0.15) is 0 Å². The van der Waals surface area contributed by atoms with Gasteiger partial charge in [-0.25, -0.2) is 4.79 Å². The van der Waals surface area contributed by atoms with E-state index >= 15 is 0 Å². The van der Waals surface area contributed by atoms with Crippen LogP contribution in [0.25, 0.3) is 0 Å². The number of esters is 1. The van der Waals surface area contributed by atoms with Crippen molar-refractivity contribution in [2.45, 2.75) is 137 Å². The van der Waals surface area contributed by atoms with E-state index in [2.05, 4.69) is 41.5 Å². The number of carboxylic acids is 1. The Morgan fingerprint density at radius 2 is 1.80 bits per heavy atom. The summed E-state index contributed by atoms with van der Waals surface area (Å²) in [6.45, 7) is 14.6. The van der Waals surface area contributed by atoms with E-state index in [9.17, 15) is 29.7 Å². The van der Waals surface area contributed by atoms with Gasteiger partial charge in [0.05, 0.1) is 6.10 Å². The number of aliphatic carboxylic acids is 1. The lowest BCUT2D eigenvalue weighted by Gasteiger charge is -2.67. The Hall–Kier alpha value is -2.07. The summed E-state index contributed by atoms with van der Waals surface area (Å²) in [4.78, 5) is 39.6. The number of carboxylic acid groups (broad SMARTS) is 1. The van der Waals surface area contributed by atoms with Crippen LogP contribution in [0.5, 0.6) is 0 Å². The lowest BCUT2D eigenvalue weighted by atomic mass is 9.37. The molecular weight excluding hydrogens is 576 g/mol. The third kappa shape index (κ3) is 5.85. The lowest BCUT2D eigenvalue weighted by Crippen LogP contribution is -2.64. The molecule has 0 spiro atoms. The summed E-state index contributed by atoms with van der Waals surface area (Å²) in [5.41, 5.74) is -0.0897. The fourth-order valence-electron chi connectivity index (χ4n) is 10.6. The fourth-order valence-corrected chi connectivity index (χ4v) is 10.6. The van der Waals surface area contributed by atoms with E-state index in [0.717, 1.165) is 38.5 Å². The molecule has 45 heavy (non-hydrogen) atoms. The maximum Gasteiger partial charge on any atom is 0.331 e. The summed E-state index contributed by atoms with van der Waals surface area (Å²) in [5.74, 6) is -0.880. The Balaban J connectivity index is 1.46. The van der Waals surface area contributed by atoms with Gasteiger partial charge in [0.1, 0.15) is 18.0 Å². The van der Waals surface area contributed by atoms with Gasteiger partial charge in [0.2, 0.25) is 0 Å². The van der Waals surface area contributed by atoms with Crippen molar-refractivity contribution >= 4 is 17.7 Å². The highest BCUT2D eigenvalue weighted by atomic mass is 16.7. The van der Waals surface area contributed by atoms with Gasteiger partial charge in [0.25, 0.3) is 0 Å². The topological polar surface area (TPSA) is 140 Å². The number of rotatable bonds is 8. The molecule has 4 saturated carbocycles. The first-order chi connectivity index (χ1) is 21.0. The minimum atomic E-state index is -1.33. The molecule has 9 heteroatoms. The van der Waals surface area contributed by atoms with E-state index in [-0.39, 0.29) is 47.4 Å². The number of ether oxygens (including phenoxy) is 3. The molecule has 0 aromatic rings. The van der Waals surface area contributed by atoms with Gasteiger partial charge in [-0.15, -0.1) is 0 Å². The molecule has 1 heterocycles. The second kappa shape index (κ2) is 12.5. The first-order valence-corrected chi connectivity index (χ1v) is 17.0. The van der Waals surface area contributed by atoms with Crippen LogP contribution in [0, 0.1) is 45.8 Å². The quantitative estimate of drug-likeness (QED) is 0.178. The third-order valence-electron chi connectivity index (χ3n) is 12.9. The zero-order valence-electron chi connectivity index (χ0n) is 28.1. The van der Waals surface area contributed by atoms with Gasteiger partial charge in [0.15, 0.2) is 12.6 Å².